The van der Waals surface area contributed by atoms with Gasteiger partial charge in [-0.15, -0.1) is 12.4 Å². The number of nitrogens with one attached hydrogen (secondary N) is 1. The molecule has 0 aliphatic heterocycles. The van der Waals surface area contributed by atoms with Crippen LogP contribution in [-0.4, -0.2) is 31.7 Å². The molecule has 1 aromatic carbocycles. The second-order valence-corrected chi connectivity index (χ2v) is 8.85. The standard InChI is InChI=1S/C16H26N2O3S.ClH/c1-11(2)16(5,10-17)18-15(19)13-6-8-14(9-7-13)22(20,21)12(3)4;/h6-9,11-12H,10,17H2,1-5H3,(H,18,19);1H. The number of rotatable bonds is 6. The van der Waals surface area contributed by atoms with Crippen molar-refractivity contribution in [1.29, 1.82) is 0 Å². The molecule has 0 fully saturated rings. The summed E-state index contributed by atoms with van der Waals surface area (Å²) in [5, 5.41) is 2.43. The minimum absolute atomic E-state index is 0. The summed E-state index contributed by atoms with van der Waals surface area (Å²) in [7, 11) is -3.32. The molecule has 0 heterocycles. The van der Waals surface area contributed by atoms with E-state index in [-0.39, 0.29) is 29.1 Å². The molecule has 1 atom stereocenters. The van der Waals surface area contributed by atoms with Crippen LogP contribution in [0.3, 0.4) is 0 Å². The fourth-order valence-electron chi connectivity index (χ4n) is 1.83. The van der Waals surface area contributed by atoms with Crippen molar-refractivity contribution in [3.63, 3.8) is 0 Å². The zero-order valence-corrected chi connectivity index (χ0v) is 15.9. The highest BCUT2D eigenvalue weighted by Crippen LogP contribution is 2.18. The van der Waals surface area contributed by atoms with Crippen molar-refractivity contribution >= 4 is 28.2 Å². The van der Waals surface area contributed by atoms with Gasteiger partial charge in [0.15, 0.2) is 9.84 Å². The second kappa shape index (κ2) is 8.13. The highest BCUT2D eigenvalue weighted by atomic mass is 35.5. The number of sulfone groups is 1. The van der Waals surface area contributed by atoms with Gasteiger partial charge in [0, 0.05) is 12.1 Å². The molecule has 1 unspecified atom stereocenters. The SMILES string of the molecule is CC(C)C(C)(CN)NC(=O)c1ccc(S(=O)(=O)C(C)C)cc1.Cl. The molecule has 0 radical (unpaired) electrons. The van der Waals surface area contributed by atoms with E-state index in [2.05, 4.69) is 5.32 Å². The Kier molecular flexibility index (Phi) is 7.73. The Morgan fingerprint density at radius 2 is 1.65 bits per heavy atom. The van der Waals surface area contributed by atoms with Gasteiger partial charge in [-0.25, -0.2) is 8.42 Å². The van der Waals surface area contributed by atoms with Crippen molar-refractivity contribution in [1.82, 2.24) is 5.32 Å². The third kappa shape index (κ3) is 4.93. The molecule has 7 heteroatoms. The first-order chi connectivity index (χ1) is 10.0. The third-order valence-electron chi connectivity index (χ3n) is 4.16. The van der Waals surface area contributed by atoms with Gasteiger partial charge in [-0.05, 0) is 51.0 Å². The first-order valence-corrected chi connectivity index (χ1v) is 8.95. The Morgan fingerprint density at radius 1 is 1.17 bits per heavy atom. The van der Waals surface area contributed by atoms with E-state index in [0.717, 1.165) is 0 Å². The summed E-state index contributed by atoms with van der Waals surface area (Å²) in [6, 6.07) is 6.00. The summed E-state index contributed by atoms with van der Waals surface area (Å²) < 4.78 is 24.1. The van der Waals surface area contributed by atoms with Crippen molar-refractivity contribution in [3.05, 3.63) is 29.8 Å². The minimum atomic E-state index is -3.32. The lowest BCUT2D eigenvalue weighted by Crippen LogP contribution is -2.55. The summed E-state index contributed by atoms with van der Waals surface area (Å²) in [4.78, 5) is 12.5. The summed E-state index contributed by atoms with van der Waals surface area (Å²) in [6.07, 6.45) is 0. The molecule has 23 heavy (non-hydrogen) atoms. The highest BCUT2D eigenvalue weighted by Gasteiger charge is 2.29. The molecule has 0 aliphatic rings. The van der Waals surface area contributed by atoms with Gasteiger partial charge in [-0.2, -0.15) is 0 Å². The lowest BCUT2D eigenvalue weighted by atomic mass is 9.88. The van der Waals surface area contributed by atoms with Crippen LogP contribution >= 0.6 is 12.4 Å². The molecule has 5 nitrogen and oxygen atoms in total. The maximum atomic E-state index is 12.3. The highest BCUT2D eigenvalue weighted by molar-refractivity contribution is 7.92. The van der Waals surface area contributed by atoms with Crippen LogP contribution in [0.25, 0.3) is 0 Å². The van der Waals surface area contributed by atoms with E-state index in [1.54, 1.807) is 13.8 Å². The number of carbonyl (C=O) groups is 1. The van der Waals surface area contributed by atoms with Crippen LogP contribution in [0.1, 0.15) is 45.0 Å². The summed E-state index contributed by atoms with van der Waals surface area (Å²) in [5.74, 6) is -0.0720. The molecule has 0 saturated carbocycles. The lowest BCUT2D eigenvalue weighted by Gasteiger charge is -2.33. The monoisotopic (exact) mass is 362 g/mol. The van der Waals surface area contributed by atoms with E-state index in [4.69, 9.17) is 5.73 Å². The van der Waals surface area contributed by atoms with Crippen LogP contribution in [-0.2, 0) is 9.84 Å². The fourth-order valence-corrected chi connectivity index (χ4v) is 2.89. The predicted molar refractivity (Wildman–Crippen MR) is 95.8 cm³/mol. The molecular formula is C16H27ClN2O3S. The van der Waals surface area contributed by atoms with Crippen LogP contribution in [0.15, 0.2) is 29.2 Å². The van der Waals surface area contributed by atoms with Crippen LogP contribution in [0.5, 0.6) is 0 Å². The van der Waals surface area contributed by atoms with Gasteiger partial charge >= 0.3 is 0 Å². The number of nitrogens with two attached hydrogens (primary N) is 1. The van der Waals surface area contributed by atoms with Gasteiger partial charge in [-0.1, -0.05) is 13.8 Å². The number of hydrogen-bond acceptors (Lipinski definition) is 4. The molecule has 0 bridgehead atoms. The normalized spacial score (nSPS) is 14.3. The molecule has 132 valence electrons. The molecule has 0 aliphatic carbocycles. The number of amides is 1. The minimum Gasteiger partial charge on any atom is -0.345 e. The van der Waals surface area contributed by atoms with Crippen molar-refractivity contribution < 1.29 is 13.2 Å². The average molecular weight is 363 g/mol. The predicted octanol–water partition coefficient (Wildman–Crippen LogP) is 2.39. The molecule has 1 amide bonds. The van der Waals surface area contributed by atoms with Crippen molar-refractivity contribution in [2.45, 2.75) is 50.3 Å². The smallest absolute Gasteiger partial charge is 0.251 e. The number of carbonyl (C=O) groups excluding carboxylic acids is 1. The summed E-state index contributed by atoms with van der Waals surface area (Å²) in [5.41, 5.74) is 5.67. The van der Waals surface area contributed by atoms with E-state index in [1.807, 2.05) is 20.8 Å². The summed E-state index contributed by atoms with van der Waals surface area (Å²) in [6.45, 7) is 9.47. The Hall–Kier alpha value is -1.11. The molecule has 3 N–H and O–H groups in total. The fraction of sp³-hybridized carbons (Fsp3) is 0.562. The molecule has 1 rings (SSSR count). The topological polar surface area (TPSA) is 89.3 Å². The zero-order chi connectivity index (χ0) is 17.1. The van der Waals surface area contributed by atoms with Crippen molar-refractivity contribution in [3.8, 4) is 0 Å². The maximum Gasteiger partial charge on any atom is 0.251 e. The van der Waals surface area contributed by atoms with E-state index < -0.39 is 20.6 Å². The third-order valence-corrected chi connectivity index (χ3v) is 6.33. The van der Waals surface area contributed by atoms with Gasteiger partial charge in [0.25, 0.3) is 5.91 Å². The molecule has 0 spiro atoms. The number of benzene rings is 1. The molecule has 0 saturated heterocycles. The van der Waals surface area contributed by atoms with E-state index in [0.29, 0.717) is 12.1 Å². The lowest BCUT2D eigenvalue weighted by molar-refractivity contribution is 0.0883. The summed E-state index contributed by atoms with van der Waals surface area (Å²) >= 11 is 0. The molecular weight excluding hydrogens is 336 g/mol. The van der Waals surface area contributed by atoms with E-state index >= 15 is 0 Å². The van der Waals surface area contributed by atoms with Crippen LogP contribution in [0.2, 0.25) is 0 Å². The van der Waals surface area contributed by atoms with Crippen molar-refractivity contribution in [2.24, 2.45) is 11.7 Å². The first kappa shape index (κ1) is 21.9. The van der Waals surface area contributed by atoms with Gasteiger partial charge in [-0.3, -0.25) is 4.79 Å². The van der Waals surface area contributed by atoms with Crippen LogP contribution in [0.4, 0.5) is 0 Å². The second-order valence-electron chi connectivity index (χ2n) is 6.35. The Balaban J connectivity index is 0.00000484. The van der Waals surface area contributed by atoms with Gasteiger partial charge in [0.2, 0.25) is 0 Å². The van der Waals surface area contributed by atoms with Gasteiger partial charge < -0.3 is 11.1 Å². The largest absolute Gasteiger partial charge is 0.345 e. The van der Waals surface area contributed by atoms with Gasteiger partial charge in [0.05, 0.1) is 15.7 Å². The first-order valence-electron chi connectivity index (χ1n) is 7.41. The quantitative estimate of drug-likeness (QED) is 0.813. The molecule has 0 aromatic heterocycles. The molecule has 1 aromatic rings. The van der Waals surface area contributed by atoms with Gasteiger partial charge in [0.1, 0.15) is 0 Å². The number of halogens is 1. The van der Waals surface area contributed by atoms with Crippen LogP contribution < -0.4 is 11.1 Å². The average Bonchev–Trinajstić information content (AvgIpc) is 2.46. The maximum absolute atomic E-state index is 12.3. The Labute approximate surface area is 145 Å². The van der Waals surface area contributed by atoms with E-state index in [1.165, 1.54) is 24.3 Å². The van der Waals surface area contributed by atoms with Crippen molar-refractivity contribution in [2.75, 3.05) is 6.54 Å². The number of hydrogen-bond donors (Lipinski definition) is 2. The Bertz CT molecular complexity index is 627. The Morgan fingerprint density at radius 3 is 2.00 bits per heavy atom. The van der Waals surface area contributed by atoms with E-state index in [9.17, 15) is 13.2 Å². The zero-order valence-electron chi connectivity index (χ0n) is 14.3. The van der Waals surface area contributed by atoms with Crippen LogP contribution in [0, 0.1) is 5.92 Å².